The molecular weight excluding hydrogens is 276 g/mol. The Labute approximate surface area is 122 Å². The van der Waals surface area contributed by atoms with Gasteiger partial charge in [-0.3, -0.25) is 4.68 Å². The molecule has 0 aromatic carbocycles. The fourth-order valence-corrected chi connectivity index (χ4v) is 2.62. The highest BCUT2D eigenvalue weighted by Gasteiger charge is 2.17. The lowest BCUT2D eigenvalue weighted by atomic mass is 10.1. The van der Waals surface area contributed by atoms with Gasteiger partial charge in [-0.25, -0.2) is 0 Å². The van der Waals surface area contributed by atoms with E-state index in [0.29, 0.717) is 11.8 Å². The SMILES string of the molecule is CCn1nccc1-c1nc(Cl)nc(N2CCCCC2)n1. The highest BCUT2D eigenvalue weighted by molar-refractivity contribution is 6.28. The molecule has 20 heavy (non-hydrogen) atoms. The monoisotopic (exact) mass is 292 g/mol. The molecule has 1 aliphatic rings. The summed E-state index contributed by atoms with van der Waals surface area (Å²) in [5.41, 5.74) is 0.870. The first-order valence-electron chi connectivity index (χ1n) is 6.96. The van der Waals surface area contributed by atoms with Crippen molar-refractivity contribution in [3.05, 3.63) is 17.5 Å². The minimum atomic E-state index is 0.236. The van der Waals surface area contributed by atoms with E-state index < -0.39 is 0 Å². The van der Waals surface area contributed by atoms with E-state index in [4.69, 9.17) is 11.6 Å². The maximum atomic E-state index is 6.06. The summed E-state index contributed by atoms with van der Waals surface area (Å²) in [4.78, 5) is 15.2. The molecule has 0 aliphatic carbocycles. The minimum Gasteiger partial charge on any atom is -0.341 e. The minimum absolute atomic E-state index is 0.236. The van der Waals surface area contributed by atoms with Gasteiger partial charge in [0.2, 0.25) is 11.2 Å². The lowest BCUT2D eigenvalue weighted by molar-refractivity contribution is 0.567. The van der Waals surface area contributed by atoms with Gasteiger partial charge in [0.05, 0.1) is 0 Å². The number of nitrogens with zero attached hydrogens (tertiary/aromatic N) is 6. The second-order valence-electron chi connectivity index (χ2n) is 4.81. The molecule has 106 valence electrons. The lowest BCUT2D eigenvalue weighted by Crippen LogP contribution is -2.31. The molecule has 0 spiro atoms. The summed E-state index contributed by atoms with van der Waals surface area (Å²) in [6, 6.07) is 1.90. The zero-order chi connectivity index (χ0) is 13.9. The Morgan fingerprint density at radius 3 is 2.70 bits per heavy atom. The van der Waals surface area contributed by atoms with Crippen molar-refractivity contribution in [1.82, 2.24) is 24.7 Å². The van der Waals surface area contributed by atoms with Crippen molar-refractivity contribution >= 4 is 17.5 Å². The molecule has 1 fully saturated rings. The number of hydrogen-bond donors (Lipinski definition) is 0. The number of aromatic nitrogens is 5. The van der Waals surface area contributed by atoms with E-state index in [1.54, 1.807) is 6.20 Å². The van der Waals surface area contributed by atoms with E-state index in [0.717, 1.165) is 25.3 Å². The maximum Gasteiger partial charge on any atom is 0.230 e. The van der Waals surface area contributed by atoms with Crippen molar-refractivity contribution in [2.45, 2.75) is 32.7 Å². The van der Waals surface area contributed by atoms with Crippen molar-refractivity contribution in [3.63, 3.8) is 0 Å². The van der Waals surface area contributed by atoms with E-state index >= 15 is 0 Å². The van der Waals surface area contributed by atoms with E-state index in [2.05, 4.69) is 25.0 Å². The average molecular weight is 293 g/mol. The van der Waals surface area contributed by atoms with E-state index in [9.17, 15) is 0 Å². The number of anilines is 1. The Morgan fingerprint density at radius 2 is 1.95 bits per heavy atom. The van der Waals surface area contributed by atoms with Crippen molar-refractivity contribution in [3.8, 4) is 11.5 Å². The molecule has 0 radical (unpaired) electrons. The molecule has 3 rings (SSSR count). The van der Waals surface area contributed by atoms with Gasteiger partial charge in [0.15, 0.2) is 5.82 Å². The highest BCUT2D eigenvalue weighted by atomic mass is 35.5. The Kier molecular flexibility index (Phi) is 3.82. The van der Waals surface area contributed by atoms with Gasteiger partial charge in [-0.05, 0) is 43.9 Å². The second-order valence-corrected chi connectivity index (χ2v) is 5.15. The molecule has 6 nitrogen and oxygen atoms in total. The van der Waals surface area contributed by atoms with Crippen molar-refractivity contribution in [2.75, 3.05) is 18.0 Å². The first kappa shape index (κ1) is 13.3. The van der Waals surface area contributed by atoms with Crippen LogP contribution in [0.2, 0.25) is 5.28 Å². The summed E-state index contributed by atoms with van der Waals surface area (Å²) in [6.45, 7) is 4.76. The highest BCUT2D eigenvalue weighted by Crippen LogP contribution is 2.21. The number of hydrogen-bond acceptors (Lipinski definition) is 5. The molecule has 2 aromatic heterocycles. The van der Waals surface area contributed by atoms with Gasteiger partial charge in [-0.2, -0.15) is 20.1 Å². The van der Waals surface area contributed by atoms with Gasteiger partial charge in [-0.1, -0.05) is 0 Å². The second kappa shape index (κ2) is 5.75. The Bertz CT molecular complexity index is 590. The molecule has 0 atom stereocenters. The quantitative estimate of drug-likeness (QED) is 0.869. The molecule has 1 aliphatic heterocycles. The zero-order valence-corrected chi connectivity index (χ0v) is 12.2. The summed E-state index contributed by atoms with van der Waals surface area (Å²) in [7, 11) is 0. The van der Waals surface area contributed by atoms with Crippen LogP contribution in [0.3, 0.4) is 0 Å². The van der Waals surface area contributed by atoms with Crippen molar-refractivity contribution in [1.29, 1.82) is 0 Å². The van der Waals surface area contributed by atoms with Crippen LogP contribution in [0.1, 0.15) is 26.2 Å². The van der Waals surface area contributed by atoms with Crippen molar-refractivity contribution in [2.24, 2.45) is 0 Å². The molecular formula is C13H17ClN6. The predicted octanol–water partition coefficient (Wildman–Crippen LogP) is 2.40. The number of piperidine rings is 1. The number of aryl methyl sites for hydroxylation is 1. The van der Waals surface area contributed by atoms with Crippen LogP contribution in [0, 0.1) is 0 Å². The Balaban J connectivity index is 1.98. The largest absolute Gasteiger partial charge is 0.341 e. The lowest BCUT2D eigenvalue weighted by Gasteiger charge is -2.26. The van der Waals surface area contributed by atoms with Crippen molar-refractivity contribution < 1.29 is 0 Å². The van der Waals surface area contributed by atoms with Crippen LogP contribution in [-0.4, -0.2) is 37.8 Å². The summed E-state index contributed by atoms with van der Waals surface area (Å²) in [5.74, 6) is 1.26. The third-order valence-corrected chi connectivity index (χ3v) is 3.65. The van der Waals surface area contributed by atoms with E-state index in [-0.39, 0.29) is 5.28 Å². The maximum absolute atomic E-state index is 6.06. The van der Waals surface area contributed by atoms with Crippen LogP contribution in [0.4, 0.5) is 5.95 Å². The van der Waals surface area contributed by atoms with Gasteiger partial charge in [0, 0.05) is 25.8 Å². The summed E-state index contributed by atoms with van der Waals surface area (Å²) >= 11 is 6.06. The Morgan fingerprint density at radius 1 is 1.15 bits per heavy atom. The third kappa shape index (κ3) is 2.60. The molecule has 1 saturated heterocycles. The molecule has 3 heterocycles. The van der Waals surface area contributed by atoms with Gasteiger partial charge < -0.3 is 4.90 Å². The average Bonchev–Trinajstić information content (AvgIpc) is 2.96. The number of halogens is 1. The van der Waals surface area contributed by atoms with Crippen LogP contribution in [0.25, 0.3) is 11.5 Å². The number of rotatable bonds is 3. The van der Waals surface area contributed by atoms with Crippen LogP contribution < -0.4 is 4.90 Å². The normalized spacial score (nSPS) is 15.6. The summed E-state index contributed by atoms with van der Waals surface area (Å²) in [6.07, 6.45) is 5.36. The first-order valence-corrected chi connectivity index (χ1v) is 7.34. The van der Waals surface area contributed by atoms with Crippen LogP contribution in [-0.2, 0) is 6.54 Å². The Hall–Kier alpha value is -1.69. The van der Waals surface area contributed by atoms with Gasteiger partial charge in [-0.15, -0.1) is 0 Å². The van der Waals surface area contributed by atoms with Crippen LogP contribution in [0.5, 0.6) is 0 Å². The topological polar surface area (TPSA) is 59.7 Å². The molecule has 0 saturated carbocycles. The smallest absolute Gasteiger partial charge is 0.230 e. The fraction of sp³-hybridized carbons (Fsp3) is 0.538. The molecule has 0 amide bonds. The summed E-state index contributed by atoms with van der Waals surface area (Å²) < 4.78 is 1.85. The van der Waals surface area contributed by atoms with Crippen LogP contribution in [0.15, 0.2) is 12.3 Å². The van der Waals surface area contributed by atoms with Crippen LogP contribution >= 0.6 is 11.6 Å². The molecule has 0 N–H and O–H groups in total. The third-order valence-electron chi connectivity index (χ3n) is 3.48. The molecule has 2 aromatic rings. The van der Waals surface area contributed by atoms with E-state index in [1.165, 1.54) is 19.3 Å². The van der Waals surface area contributed by atoms with E-state index in [1.807, 2.05) is 17.7 Å². The molecule has 0 bridgehead atoms. The molecule has 0 unspecified atom stereocenters. The van der Waals surface area contributed by atoms with Gasteiger partial charge >= 0.3 is 0 Å². The standard InChI is InChI=1S/C13H17ClN6/c1-2-20-10(6-7-15-20)11-16-12(14)18-13(17-11)19-8-4-3-5-9-19/h6-7H,2-5,8-9H2,1H3. The van der Waals surface area contributed by atoms with Gasteiger partial charge in [0.25, 0.3) is 0 Å². The summed E-state index contributed by atoms with van der Waals surface area (Å²) in [5, 5.41) is 4.48. The first-order chi connectivity index (χ1) is 9.78. The zero-order valence-electron chi connectivity index (χ0n) is 11.5. The fourth-order valence-electron chi connectivity index (χ4n) is 2.46. The van der Waals surface area contributed by atoms with Gasteiger partial charge in [0.1, 0.15) is 5.69 Å². The molecule has 7 heteroatoms. The predicted molar refractivity (Wildman–Crippen MR) is 77.8 cm³/mol.